The van der Waals surface area contributed by atoms with Crippen LogP contribution in [0, 0.1) is 55.4 Å². The number of hydrogen-bond acceptors (Lipinski definition) is 4. The normalized spacial score (nSPS) is 12.7. The largest absolute Gasteiger partial charge is 0.507 e. The van der Waals surface area contributed by atoms with E-state index in [1.165, 1.54) is 44.5 Å². The topological polar surface area (TPSA) is 47.9 Å². The van der Waals surface area contributed by atoms with Gasteiger partial charge in [0, 0.05) is 47.9 Å². The summed E-state index contributed by atoms with van der Waals surface area (Å²) in [6, 6.07) is 8.90. The van der Waals surface area contributed by atoms with Gasteiger partial charge >= 0.3 is 0 Å². The van der Waals surface area contributed by atoms with Crippen LogP contribution in [0.15, 0.2) is 24.3 Å². The van der Waals surface area contributed by atoms with E-state index in [2.05, 4.69) is 79.7 Å². The van der Waals surface area contributed by atoms with Crippen molar-refractivity contribution in [2.24, 2.45) is 0 Å². The van der Waals surface area contributed by atoms with Gasteiger partial charge in [-0.05, 0) is 122 Å². The minimum absolute atomic E-state index is 0.361. The molecule has 0 radical (unpaired) electrons. The molecule has 0 aromatic heterocycles. The third-order valence-corrected chi connectivity index (χ3v) is 10.1. The zero-order chi connectivity index (χ0) is 31.3. The number of ether oxygens (including phenoxy) is 3. The van der Waals surface area contributed by atoms with Crippen LogP contribution < -0.4 is 14.2 Å². The minimum Gasteiger partial charge on any atom is -0.507 e. The lowest BCUT2D eigenvalue weighted by Gasteiger charge is -2.25. The molecule has 0 aliphatic heterocycles. The lowest BCUT2D eigenvalue weighted by Crippen LogP contribution is -2.10. The van der Waals surface area contributed by atoms with Gasteiger partial charge in [0.2, 0.25) is 0 Å². The summed E-state index contributed by atoms with van der Waals surface area (Å²) in [6.45, 7) is 17.3. The van der Waals surface area contributed by atoms with Crippen LogP contribution in [0.25, 0.3) is 0 Å². The Morgan fingerprint density at radius 3 is 1.00 bits per heavy atom. The molecule has 0 unspecified atom stereocenters. The highest BCUT2D eigenvalue weighted by Gasteiger charge is 2.25. The van der Waals surface area contributed by atoms with E-state index in [1.807, 2.05) is 0 Å². The maximum Gasteiger partial charge on any atom is 0.126 e. The fourth-order valence-electron chi connectivity index (χ4n) is 7.07. The second kappa shape index (κ2) is 11.6. The van der Waals surface area contributed by atoms with E-state index in [-0.39, 0.29) is 0 Å². The van der Waals surface area contributed by atoms with Gasteiger partial charge < -0.3 is 19.3 Å². The standard InChI is InChI=1S/C39H46O4/c1-20-12-28-16-33-25(6)22(3)14-30(38(33)42-10)18-35-27(8)23(4)15-31(39(35)43-11)19-34-26(7)21(2)13-29(37(34)41-9)17-32(24(20)5)36(28)40/h12-15,40H,16-19H2,1-11H3. The van der Waals surface area contributed by atoms with Gasteiger partial charge in [0.25, 0.3) is 0 Å². The van der Waals surface area contributed by atoms with Crippen LogP contribution in [-0.2, 0) is 25.7 Å². The summed E-state index contributed by atoms with van der Waals surface area (Å²) in [6.07, 6.45) is 2.52. The Bertz CT molecular complexity index is 1760. The summed E-state index contributed by atoms with van der Waals surface area (Å²) in [4.78, 5) is 0. The van der Waals surface area contributed by atoms with E-state index in [0.717, 1.165) is 61.8 Å². The van der Waals surface area contributed by atoms with Crippen LogP contribution in [0.3, 0.4) is 0 Å². The Kier molecular flexibility index (Phi) is 8.26. The molecule has 43 heavy (non-hydrogen) atoms. The van der Waals surface area contributed by atoms with Crippen LogP contribution in [0.2, 0.25) is 0 Å². The van der Waals surface area contributed by atoms with Gasteiger partial charge in [-0.1, -0.05) is 24.3 Å². The monoisotopic (exact) mass is 578 g/mol. The molecule has 0 fully saturated rings. The zero-order valence-electron chi connectivity index (χ0n) is 27.8. The van der Waals surface area contributed by atoms with Crippen molar-refractivity contribution in [1.29, 1.82) is 0 Å². The minimum atomic E-state index is 0.361. The first-order valence-corrected chi connectivity index (χ1v) is 15.2. The van der Waals surface area contributed by atoms with Gasteiger partial charge in [-0.15, -0.1) is 0 Å². The first kappa shape index (κ1) is 30.5. The molecule has 8 bridgehead atoms. The molecule has 0 amide bonds. The number of benzene rings is 4. The van der Waals surface area contributed by atoms with E-state index in [4.69, 9.17) is 14.2 Å². The van der Waals surface area contributed by atoms with Crippen molar-refractivity contribution in [2.75, 3.05) is 21.3 Å². The molecule has 0 heterocycles. The average molecular weight is 579 g/mol. The highest BCUT2D eigenvalue weighted by atomic mass is 16.5. The number of phenolic OH excluding ortho intramolecular Hbond substituents is 1. The molecule has 4 aromatic rings. The summed E-state index contributed by atoms with van der Waals surface area (Å²) in [5, 5.41) is 11.9. The average Bonchev–Trinajstić information content (AvgIpc) is 2.97. The smallest absolute Gasteiger partial charge is 0.126 e. The lowest BCUT2D eigenvalue weighted by molar-refractivity contribution is 0.397. The number of hydrogen-bond donors (Lipinski definition) is 1. The van der Waals surface area contributed by atoms with Crippen molar-refractivity contribution < 1.29 is 19.3 Å². The summed E-state index contributed by atoms with van der Waals surface area (Å²) in [5.41, 5.74) is 18.3. The Balaban J connectivity index is 1.92. The fourth-order valence-corrected chi connectivity index (χ4v) is 7.07. The first-order chi connectivity index (χ1) is 20.4. The number of methoxy groups -OCH3 is 3. The predicted octanol–water partition coefficient (Wildman–Crippen LogP) is 8.56. The third-order valence-electron chi connectivity index (χ3n) is 10.1. The maximum atomic E-state index is 11.9. The molecule has 0 saturated heterocycles. The molecule has 4 aromatic carbocycles. The van der Waals surface area contributed by atoms with Crippen LogP contribution >= 0.6 is 0 Å². The lowest BCUT2D eigenvalue weighted by atomic mass is 9.84. The van der Waals surface area contributed by atoms with Gasteiger partial charge in [0.05, 0.1) is 21.3 Å². The van der Waals surface area contributed by atoms with Crippen molar-refractivity contribution >= 4 is 0 Å². The van der Waals surface area contributed by atoms with Crippen molar-refractivity contribution in [3.8, 4) is 23.0 Å². The molecule has 1 N–H and O–H groups in total. The Morgan fingerprint density at radius 2 is 0.674 bits per heavy atom. The first-order valence-electron chi connectivity index (χ1n) is 15.2. The number of fused-ring (bicyclic) bond motifs is 8. The molecule has 0 saturated carbocycles. The molecule has 4 nitrogen and oxygen atoms in total. The van der Waals surface area contributed by atoms with E-state index in [9.17, 15) is 5.11 Å². The molecule has 1 aliphatic rings. The van der Waals surface area contributed by atoms with Crippen LogP contribution in [-0.4, -0.2) is 26.4 Å². The second-order valence-corrected chi connectivity index (χ2v) is 12.5. The van der Waals surface area contributed by atoms with Crippen LogP contribution in [0.5, 0.6) is 23.0 Å². The summed E-state index contributed by atoms with van der Waals surface area (Å²) >= 11 is 0. The maximum absolute atomic E-state index is 11.9. The Labute approximate surface area is 257 Å². The highest BCUT2D eigenvalue weighted by Crippen LogP contribution is 2.43. The van der Waals surface area contributed by atoms with Crippen LogP contribution in [0.1, 0.15) is 89.0 Å². The zero-order valence-corrected chi connectivity index (χ0v) is 27.8. The highest BCUT2D eigenvalue weighted by molar-refractivity contribution is 5.62. The molecule has 226 valence electrons. The number of aryl methyl sites for hydroxylation is 4. The molecule has 0 atom stereocenters. The Morgan fingerprint density at radius 1 is 0.419 bits per heavy atom. The summed E-state index contributed by atoms with van der Waals surface area (Å²) in [5.74, 6) is 3.06. The molecular weight excluding hydrogens is 532 g/mol. The van der Waals surface area contributed by atoms with E-state index >= 15 is 0 Å². The van der Waals surface area contributed by atoms with E-state index in [1.54, 1.807) is 21.3 Å². The molecular formula is C39H46O4. The van der Waals surface area contributed by atoms with Gasteiger partial charge in [-0.25, -0.2) is 0 Å². The van der Waals surface area contributed by atoms with E-state index in [0.29, 0.717) is 31.4 Å². The second-order valence-electron chi connectivity index (χ2n) is 12.5. The van der Waals surface area contributed by atoms with Gasteiger partial charge in [0.1, 0.15) is 23.0 Å². The van der Waals surface area contributed by atoms with Gasteiger partial charge in [-0.3, -0.25) is 0 Å². The molecule has 4 heteroatoms. The SMILES string of the molecule is COc1c2cc(C)c(C)c1Cc1cc(C)c(C)c(c1O)Cc1cc(C)c(C)c(c1OC)Cc1cc(C)c(C)c(c1OC)C2. The molecule has 5 rings (SSSR count). The van der Waals surface area contributed by atoms with Crippen molar-refractivity contribution in [2.45, 2.75) is 81.1 Å². The number of rotatable bonds is 3. The Hall–Kier alpha value is -3.92. The van der Waals surface area contributed by atoms with Gasteiger partial charge in [0.15, 0.2) is 0 Å². The number of aromatic hydroxyl groups is 1. The number of phenols is 1. The third kappa shape index (κ3) is 5.15. The quantitative estimate of drug-likeness (QED) is 0.233. The molecule has 0 spiro atoms. The summed E-state index contributed by atoms with van der Waals surface area (Å²) < 4.78 is 18.6. The van der Waals surface area contributed by atoms with Crippen molar-refractivity contribution in [3.05, 3.63) is 113 Å². The van der Waals surface area contributed by atoms with Crippen LogP contribution in [0.4, 0.5) is 0 Å². The predicted molar refractivity (Wildman–Crippen MR) is 176 cm³/mol. The summed E-state index contributed by atoms with van der Waals surface area (Å²) in [7, 11) is 5.30. The van der Waals surface area contributed by atoms with Crippen molar-refractivity contribution in [3.63, 3.8) is 0 Å². The van der Waals surface area contributed by atoms with Crippen molar-refractivity contribution in [1.82, 2.24) is 0 Å². The van der Waals surface area contributed by atoms with Gasteiger partial charge in [-0.2, -0.15) is 0 Å². The van der Waals surface area contributed by atoms with E-state index < -0.39 is 0 Å². The molecule has 1 aliphatic carbocycles. The fraction of sp³-hybridized carbons (Fsp3) is 0.385.